The van der Waals surface area contributed by atoms with Gasteiger partial charge >= 0.3 is 5.97 Å². The summed E-state index contributed by atoms with van der Waals surface area (Å²) in [6.45, 7) is 2.67. The quantitative estimate of drug-likeness (QED) is 0.770. The molecule has 2 N–H and O–H groups in total. The number of sulfonamides is 1. The largest absolute Gasteiger partial charge is 0.478 e. The Kier molecular flexibility index (Phi) is 5.58. The summed E-state index contributed by atoms with van der Waals surface area (Å²) in [4.78, 5) is 23.5. The van der Waals surface area contributed by atoms with Crippen LogP contribution >= 0.6 is 0 Å². The van der Waals surface area contributed by atoms with Crippen LogP contribution in [0.5, 0.6) is 0 Å². The number of hydrogen-bond donors (Lipinski definition) is 2. The lowest BCUT2D eigenvalue weighted by Gasteiger charge is -2.43. The van der Waals surface area contributed by atoms with Gasteiger partial charge in [-0.25, -0.2) is 13.2 Å². The van der Waals surface area contributed by atoms with Gasteiger partial charge in [-0.05, 0) is 62.8 Å². The summed E-state index contributed by atoms with van der Waals surface area (Å²) in [5.41, 5.74) is -0.00296. The number of carbonyl (C=O) groups excluding carboxylic acids is 1. The number of carbonyl (C=O) groups is 2. The fraction of sp³-hybridized carbons (Fsp3) is 0.579. The molecule has 0 atom stereocenters. The van der Waals surface area contributed by atoms with Gasteiger partial charge in [-0.3, -0.25) is 4.79 Å². The monoisotopic (exact) mass is 394 g/mol. The molecule has 3 rings (SSSR count). The van der Waals surface area contributed by atoms with Crippen LogP contribution in [0.15, 0.2) is 29.2 Å². The van der Waals surface area contributed by atoms with Gasteiger partial charge in [0.2, 0.25) is 15.9 Å². The molecule has 0 radical (unpaired) electrons. The normalized spacial score (nSPS) is 20.6. The Balaban J connectivity index is 1.60. The maximum absolute atomic E-state index is 12.8. The highest BCUT2D eigenvalue weighted by Gasteiger charge is 2.39. The second kappa shape index (κ2) is 7.59. The van der Waals surface area contributed by atoms with Crippen LogP contribution in [0.2, 0.25) is 0 Å². The first kappa shape index (κ1) is 19.8. The molecule has 0 spiro atoms. The topological polar surface area (TPSA) is 104 Å². The summed E-state index contributed by atoms with van der Waals surface area (Å²) in [7, 11) is -3.68. The van der Waals surface area contributed by atoms with Crippen LogP contribution in [0, 0.1) is 5.92 Å². The van der Waals surface area contributed by atoms with Crippen molar-refractivity contribution in [2.24, 2.45) is 5.92 Å². The number of rotatable bonds is 6. The molecule has 27 heavy (non-hydrogen) atoms. The van der Waals surface area contributed by atoms with E-state index in [4.69, 9.17) is 5.11 Å². The van der Waals surface area contributed by atoms with Crippen LogP contribution in [0.4, 0.5) is 0 Å². The van der Waals surface area contributed by atoms with Crippen molar-refractivity contribution in [2.45, 2.75) is 55.9 Å². The summed E-state index contributed by atoms with van der Waals surface area (Å²) >= 11 is 0. The molecule has 7 nitrogen and oxygen atoms in total. The van der Waals surface area contributed by atoms with Crippen molar-refractivity contribution >= 4 is 21.9 Å². The van der Waals surface area contributed by atoms with Crippen molar-refractivity contribution in [1.82, 2.24) is 9.62 Å². The van der Waals surface area contributed by atoms with Gasteiger partial charge in [-0.1, -0.05) is 6.92 Å². The second-order valence-electron chi connectivity index (χ2n) is 7.48. The molecule has 2 fully saturated rings. The van der Waals surface area contributed by atoms with Crippen molar-refractivity contribution in [3.05, 3.63) is 29.8 Å². The van der Waals surface area contributed by atoms with Gasteiger partial charge < -0.3 is 10.4 Å². The molecule has 1 aromatic carbocycles. The Hall–Kier alpha value is -1.93. The Morgan fingerprint density at radius 2 is 1.78 bits per heavy atom. The molecule has 148 valence electrons. The molecule has 1 aliphatic heterocycles. The molecule has 8 heteroatoms. The molecule has 1 saturated heterocycles. The lowest BCUT2D eigenvalue weighted by molar-refractivity contribution is -0.129. The first-order valence-electron chi connectivity index (χ1n) is 9.43. The number of carboxylic acid groups (broad SMARTS) is 1. The van der Waals surface area contributed by atoms with E-state index < -0.39 is 16.0 Å². The first-order valence-corrected chi connectivity index (χ1v) is 10.9. The molecule has 1 amide bonds. The molecule has 1 aromatic rings. The van der Waals surface area contributed by atoms with Gasteiger partial charge in [0.1, 0.15) is 0 Å². The van der Waals surface area contributed by atoms with E-state index in [2.05, 4.69) is 12.2 Å². The zero-order valence-electron chi connectivity index (χ0n) is 15.5. The predicted octanol–water partition coefficient (Wildman–Crippen LogP) is 2.23. The van der Waals surface area contributed by atoms with Crippen LogP contribution in [-0.4, -0.2) is 48.3 Å². The average Bonchev–Trinajstić information content (AvgIpc) is 2.64. The van der Waals surface area contributed by atoms with Gasteiger partial charge in [0.25, 0.3) is 0 Å². The number of aromatic carboxylic acids is 1. The summed E-state index contributed by atoms with van der Waals surface area (Å²) in [6, 6.07) is 5.22. The number of carboxylic acids is 1. The Bertz CT molecular complexity index is 801. The number of nitrogens with zero attached hydrogens (tertiary/aromatic N) is 1. The molecule has 0 aromatic heterocycles. The third kappa shape index (κ3) is 4.01. The maximum atomic E-state index is 12.8. The zero-order valence-corrected chi connectivity index (χ0v) is 16.3. The molecular weight excluding hydrogens is 368 g/mol. The minimum absolute atomic E-state index is 0.0411. The van der Waals surface area contributed by atoms with Gasteiger partial charge in [0, 0.05) is 24.5 Å². The number of amides is 1. The van der Waals surface area contributed by atoms with Gasteiger partial charge in [-0.2, -0.15) is 4.31 Å². The lowest BCUT2D eigenvalue weighted by atomic mass is 9.74. The zero-order chi connectivity index (χ0) is 19.7. The van der Waals surface area contributed by atoms with Crippen molar-refractivity contribution in [3.8, 4) is 0 Å². The highest BCUT2D eigenvalue weighted by atomic mass is 32.2. The summed E-state index contributed by atoms with van der Waals surface area (Å²) < 4.78 is 26.9. The molecule has 0 bridgehead atoms. The number of piperidine rings is 1. The fourth-order valence-electron chi connectivity index (χ4n) is 3.81. The standard InChI is InChI=1S/C19H26N2O5S/c1-2-19(10-3-11-19)20-17(22)14-8-12-21(13-9-14)27(25,26)16-6-4-15(5-7-16)18(23)24/h4-7,14H,2-3,8-13H2,1H3,(H,20,22)(H,23,24). The van der Waals surface area contributed by atoms with Gasteiger partial charge in [0.05, 0.1) is 10.5 Å². The predicted molar refractivity (Wildman–Crippen MR) is 99.9 cm³/mol. The number of nitrogens with one attached hydrogen (secondary N) is 1. The van der Waals surface area contributed by atoms with Gasteiger partial charge in [-0.15, -0.1) is 0 Å². The third-order valence-corrected chi connectivity index (χ3v) is 7.85. The van der Waals surface area contributed by atoms with Crippen molar-refractivity contribution in [2.75, 3.05) is 13.1 Å². The lowest BCUT2D eigenvalue weighted by Crippen LogP contribution is -2.55. The van der Waals surface area contributed by atoms with Crippen LogP contribution < -0.4 is 5.32 Å². The first-order chi connectivity index (χ1) is 12.8. The minimum Gasteiger partial charge on any atom is -0.478 e. The molecule has 1 heterocycles. The van der Waals surface area contributed by atoms with E-state index >= 15 is 0 Å². The van der Waals surface area contributed by atoms with Gasteiger partial charge in [0.15, 0.2) is 0 Å². The van der Waals surface area contributed by atoms with Crippen LogP contribution in [0.25, 0.3) is 0 Å². The Morgan fingerprint density at radius 1 is 1.19 bits per heavy atom. The van der Waals surface area contributed by atoms with E-state index in [0.717, 1.165) is 25.7 Å². The van der Waals surface area contributed by atoms with Crippen LogP contribution in [-0.2, 0) is 14.8 Å². The summed E-state index contributed by atoms with van der Waals surface area (Å²) in [6.07, 6.45) is 5.11. The maximum Gasteiger partial charge on any atom is 0.335 e. The van der Waals surface area contributed by atoms with E-state index in [1.165, 1.54) is 28.6 Å². The summed E-state index contributed by atoms with van der Waals surface area (Å²) in [5, 5.41) is 12.1. The van der Waals surface area contributed by atoms with E-state index in [1.54, 1.807) is 0 Å². The molecule has 0 unspecified atom stereocenters. The summed E-state index contributed by atoms with van der Waals surface area (Å²) in [5.74, 6) is -1.21. The van der Waals surface area contributed by atoms with E-state index in [0.29, 0.717) is 25.9 Å². The van der Waals surface area contributed by atoms with E-state index in [1.807, 2.05) is 0 Å². The SMILES string of the molecule is CCC1(NC(=O)C2CCN(S(=O)(=O)c3ccc(C(=O)O)cc3)CC2)CCC1. The van der Waals surface area contributed by atoms with Crippen molar-refractivity contribution in [3.63, 3.8) is 0 Å². The molecule has 1 saturated carbocycles. The minimum atomic E-state index is -3.68. The number of benzene rings is 1. The Morgan fingerprint density at radius 3 is 2.22 bits per heavy atom. The van der Waals surface area contributed by atoms with Crippen molar-refractivity contribution < 1.29 is 23.1 Å². The average molecular weight is 394 g/mol. The van der Waals surface area contributed by atoms with Crippen LogP contribution in [0.3, 0.4) is 0 Å². The second-order valence-corrected chi connectivity index (χ2v) is 9.42. The Labute approximate surface area is 159 Å². The molecule has 2 aliphatic rings. The smallest absolute Gasteiger partial charge is 0.335 e. The van der Waals surface area contributed by atoms with E-state index in [-0.39, 0.29) is 27.8 Å². The van der Waals surface area contributed by atoms with E-state index in [9.17, 15) is 18.0 Å². The van der Waals surface area contributed by atoms with Crippen LogP contribution in [0.1, 0.15) is 55.8 Å². The highest BCUT2D eigenvalue weighted by Crippen LogP contribution is 2.35. The third-order valence-electron chi connectivity index (χ3n) is 5.94. The molecule has 1 aliphatic carbocycles. The van der Waals surface area contributed by atoms with Crippen molar-refractivity contribution in [1.29, 1.82) is 0 Å². The molecular formula is C19H26N2O5S. The fourth-order valence-corrected chi connectivity index (χ4v) is 5.28. The highest BCUT2D eigenvalue weighted by molar-refractivity contribution is 7.89. The number of hydrogen-bond acceptors (Lipinski definition) is 4.